The van der Waals surface area contributed by atoms with Gasteiger partial charge in [0.1, 0.15) is 0 Å². The average Bonchev–Trinajstić information content (AvgIpc) is 2.13. The minimum Gasteiger partial charge on any atom is -0.477 e. The van der Waals surface area contributed by atoms with Gasteiger partial charge in [0, 0.05) is 16.8 Å². The number of carboxylic acids is 1. The lowest BCUT2D eigenvalue weighted by Crippen LogP contribution is -2.02. The molecule has 0 spiro atoms. The van der Waals surface area contributed by atoms with Crippen molar-refractivity contribution >= 4 is 17.6 Å². The Kier molecular flexibility index (Phi) is 5.07. The van der Waals surface area contributed by atoms with E-state index in [1.165, 1.54) is 6.20 Å². The van der Waals surface area contributed by atoms with Gasteiger partial charge in [0.2, 0.25) is 0 Å². The van der Waals surface area contributed by atoms with Crippen molar-refractivity contribution in [3.63, 3.8) is 0 Å². The second kappa shape index (κ2) is 5.54. The summed E-state index contributed by atoms with van der Waals surface area (Å²) >= 11 is 5.65. The smallest absolute Gasteiger partial charge is 0.354 e. The van der Waals surface area contributed by atoms with Crippen LogP contribution in [0.25, 0.3) is 0 Å². The summed E-state index contributed by atoms with van der Waals surface area (Å²) in [7, 11) is 0. The number of aromatic carboxylic acids is 1. The van der Waals surface area contributed by atoms with Crippen LogP contribution in [0, 0.1) is 6.92 Å². The van der Waals surface area contributed by atoms with Crippen LogP contribution in [0.5, 0.6) is 0 Å². The van der Waals surface area contributed by atoms with E-state index in [-0.39, 0.29) is 5.69 Å². The molecule has 0 saturated carbocycles. The van der Waals surface area contributed by atoms with Gasteiger partial charge < -0.3 is 5.11 Å². The van der Waals surface area contributed by atoms with Gasteiger partial charge in [-0.05, 0) is 13.0 Å². The molecule has 0 saturated heterocycles. The second-order valence-electron chi connectivity index (χ2n) is 2.07. The third-order valence-electron chi connectivity index (χ3n) is 1.34. The maximum Gasteiger partial charge on any atom is 0.354 e. The molecular formula is C9H12ClNO2. The maximum atomic E-state index is 10.5. The Labute approximate surface area is 82.4 Å². The molecule has 4 heteroatoms. The molecule has 0 aliphatic carbocycles. The summed E-state index contributed by atoms with van der Waals surface area (Å²) in [5, 5.41) is 9.00. The summed E-state index contributed by atoms with van der Waals surface area (Å²) in [6, 6.07) is 1.56. The molecule has 0 bridgehead atoms. The molecule has 0 amide bonds. The molecule has 1 aromatic heterocycles. The van der Waals surface area contributed by atoms with E-state index in [1.807, 2.05) is 13.8 Å². The lowest BCUT2D eigenvalue weighted by atomic mass is 10.2. The van der Waals surface area contributed by atoms with Crippen LogP contribution in [0.15, 0.2) is 12.3 Å². The maximum absolute atomic E-state index is 10.5. The molecule has 1 heterocycles. The number of carbonyl (C=O) groups is 1. The van der Waals surface area contributed by atoms with Gasteiger partial charge in [-0.15, -0.1) is 0 Å². The highest BCUT2D eigenvalue weighted by Crippen LogP contribution is 2.15. The molecule has 13 heavy (non-hydrogen) atoms. The molecule has 0 aromatic carbocycles. The van der Waals surface area contributed by atoms with E-state index in [1.54, 1.807) is 13.0 Å². The van der Waals surface area contributed by atoms with Crippen molar-refractivity contribution in [2.75, 3.05) is 0 Å². The highest BCUT2D eigenvalue weighted by atomic mass is 35.5. The monoisotopic (exact) mass is 201 g/mol. The minimum absolute atomic E-state index is 0.0116. The predicted octanol–water partition coefficient (Wildman–Crippen LogP) is 2.77. The number of hydrogen-bond acceptors (Lipinski definition) is 2. The number of pyridine rings is 1. The second-order valence-corrected chi connectivity index (χ2v) is 2.48. The molecule has 3 nitrogen and oxygen atoms in total. The summed E-state index contributed by atoms with van der Waals surface area (Å²) in [6.07, 6.45) is 1.37. The molecule has 1 aromatic rings. The Morgan fingerprint density at radius 2 is 2.08 bits per heavy atom. The predicted molar refractivity (Wildman–Crippen MR) is 52.3 cm³/mol. The summed E-state index contributed by atoms with van der Waals surface area (Å²) in [5.41, 5.74) is 0.513. The third kappa shape index (κ3) is 3.03. The Morgan fingerprint density at radius 1 is 1.54 bits per heavy atom. The normalized spacial score (nSPS) is 8.62. The zero-order valence-corrected chi connectivity index (χ0v) is 8.59. The van der Waals surface area contributed by atoms with E-state index in [0.29, 0.717) is 10.6 Å². The Balaban J connectivity index is 0.000000671. The van der Waals surface area contributed by atoms with E-state index in [0.717, 1.165) is 0 Å². The van der Waals surface area contributed by atoms with E-state index < -0.39 is 5.97 Å². The largest absolute Gasteiger partial charge is 0.477 e. The molecule has 0 aliphatic heterocycles. The van der Waals surface area contributed by atoms with Gasteiger partial charge in [0.05, 0.1) is 0 Å². The number of nitrogens with zero attached hydrogens (tertiary/aromatic N) is 1. The number of rotatable bonds is 1. The van der Waals surface area contributed by atoms with Crippen molar-refractivity contribution in [2.24, 2.45) is 0 Å². The van der Waals surface area contributed by atoms with E-state index >= 15 is 0 Å². The summed E-state index contributed by atoms with van der Waals surface area (Å²) in [4.78, 5) is 14.1. The van der Waals surface area contributed by atoms with Gasteiger partial charge in [-0.25, -0.2) is 9.78 Å². The van der Waals surface area contributed by atoms with Gasteiger partial charge in [-0.3, -0.25) is 0 Å². The van der Waals surface area contributed by atoms with Gasteiger partial charge in [-0.1, -0.05) is 25.4 Å². The SMILES string of the molecule is CC.Cc1c(Cl)ccnc1C(=O)O. The number of hydrogen-bond donors (Lipinski definition) is 1. The van der Waals surface area contributed by atoms with Crippen LogP contribution < -0.4 is 0 Å². The lowest BCUT2D eigenvalue weighted by Gasteiger charge is -1.99. The van der Waals surface area contributed by atoms with Crippen LogP contribution in [-0.2, 0) is 0 Å². The molecular weight excluding hydrogens is 190 g/mol. The first-order valence-corrected chi connectivity index (χ1v) is 4.35. The Hall–Kier alpha value is -1.09. The van der Waals surface area contributed by atoms with Gasteiger partial charge in [0.25, 0.3) is 0 Å². The first kappa shape index (κ1) is 11.9. The molecule has 1 N–H and O–H groups in total. The fourth-order valence-electron chi connectivity index (χ4n) is 0.728. The van der Waals surface area contributed by atoms with E-state index in [9.17, 15) is 4.79 Å². The van der Waals surface area contributed by atoms with Crippen molar-refractivity contribution in [3.8, 4) is 0 Å². The first-order chi connectivity index (χ1) is 6.13. The molecule has 0 aliphatic rings. The number of carboxylic acid groups (broad SMARTS) is 1. The van der Waals surface area contributed by atoms with Crippen molar-refractivity contribution in [2.45, 2.75) is 20.8 Å². The minimum atomic E-state index is -1.05. The van der Waals surface area contributed by atoms with Gasteiger partial charge >= 0.3 is 5.97 Å². The van der Waals surface area contributed by atoms with Crippen LogP contribution in [0.2, 0.25) is 5.02 Å². The van der Waals surface area contributed by atoms with Crippen LogP contribution in [0.4, 0.5) is 0 Å². The average molecular weight is 202 g/mol. The van der Waals surface area contributed by atoms with E-state index in [2.05, 4.69) is 4.98 Å². The Bertz CT molecular complexity index is 300. The molecule has 0 radical (unpaired) electrons. The van der Waals surface area contributed by atoms with Crippen molar-refractivity contribution in [3.05, 3.63) is 28.5 Å². The topological polar surface area (TPSA) is 50.2 Å². The van der Waals surface area contributed by atoms with Crippen molar-refractivity contribution in [1.29, 1.82) is 0 Å². The fraction of sp³-hybridized carbons (Fsp3) is 0.333. The van der Waals surface area contributed by atoms with Crippen molar-refractivity contribution < 1.29 is 9.90 Å². The van der Waals surface area contributed by atoms with Gasteiger partial charge in [-0.2, -0.15) is 0 Å². The zero-order chi connectivity index (χ0) is 10.4. The highest BCUT2D eigenvalue weighted by molar-refractivity contribution is 6.31. The fourth-order valence-corrected chi connectivity index (χ4v) is 0.874. The van der Waals surface area contributed by atoms with Gasteiger partial charge in [0.15, 0.2) is 5.69 Å². The standard InChI is InChI=1S/C7H6ClNO2.C2H6/c1-4-5(8)2-3-9-6(4)7(10)11;1-2/h2-3H,1H3,(H,10,11);1-2H3. The molecule has 0 fully saturated rings. The number of aromatic nitrogens is 1. The first-order valence-electron chi connectivity index (χ1n) is 3.97. The number of halogens is 1. The quantitative estimate of drug-likeness (QED) is 0.760. The molecule has 0 atom stereocenters. The zero-order valence-electron chi connectivity index (χ0n) is 7.84. The summed E-state index contributed by atoms with van der Waals surface area (Å²) < 4.78 is 0. The van der Waals surface area contributed by atoms with Crippen LogP contribution in [-0.4, -0.2) is 16.1 Å². The molecule has 1 rings (SSSR count). The summed E-state index contributed by atoms with van der Waals surface area (Å²) in [6.45, 7) is 5.62. The third-order valence-corrected chi connectivity index (χ3v) is 1.75. The van der Waals surface area contributed by atoms with Crippen LogP contribution in [0.3, 0.4) is 0 Å². The van der Waals surface area contributed by atoms with Crippen LogP contribution in [0.1, 0.15) is 29.9 Å². The van der Waals surface area contributed by atoms with Crippen LogP contribution >= 0.6 is 11.6 Å². The van der Waals surface area contributed by atoms with E-state index in [4.69, 9.17) is 16.7 Å². The highest BCUT2D eigenvalue weighted by Gasteiger charge is 2.09. The van der Waals surface area contributed by atoms with Crippen molar-refractivity contribution in [1.82, 2.24) is 4.98 Å². The molecule has 0 unspecified atom stereocenters. The summed E-state index contributed by atoms with van der Waals surface area (Å²) in [5.74, 6) is -1.05. The molecule has 72 valence electrons. The Morgan fingerprint density at radius 3 is 2.46 bits per heavy atom. The lowest BCUT2D eigenvalue weighted by molar-refractivity contribution is 0.0689.